The van der Waals surface area contributed by atoms with Crippen LogP contribution >= 0.6 is 0 Å². The Balaban J connectivity index is 1.44. The molecule has 3 nitrogen and oxygen atoms in total. The number of likely N-dealkylation sites (tertiary alicyclic amines) is 1. The highest BCUT2D eigenvalue weighted by Crippen LogP contribution is 2.28. The number of halogens is 2. The Morgan fingerprint density at radius 3 is 2.46 bits per heavy atom. The van der Waals surface area contributed by atoms with E-state index in [2.05, 4.69) is 39.5 Å². The molecule has 1 saturated heterocycles. The van der Waals surface area contributed by atoms with Gasteiger partial charge in [-0.25, -0.2) is 8.78 Å². The molecule has 0 saturated carbocycles. The zero-order chi connectivity index (χ0) is 17.9. The van der Waals surface area contributed by atoms with Crippen LogP contribution in [0.15, 0.2) is 54.7 Å². The molecule has 2 heterocycles. The number of nitrogens with one attached hydrogen (secondary N) is 1. The topological polar surface area (TPSA) is 28.2 Å². The van der Waals surface area contributed by atoms with Gasteiger partial charge in [0.25, 0.3) is 0 Å². The third-order valence-corrected chi connectivity index (χ3v) is 4.99. The second-order valence-electron chi connectivity index (χ2n) is 6.79. The van der Waals surface area contributed by atoms with Gasteiger partial charge in [-0.1, -0.05) is 30.3 Å². The van der Waals surface area contributed by atoms with Gasteiger partial charge in [-0.2, -0.15) is 0 Å². The summed E-state index contributed by atoms with van der Waals surface area (Å²) in [4.78, 5) is 6.42. The number of piperidine rings is 1. The van der Waals surface area contributed by atoms with E-state index in [0.717, 1.165) is 44.6 Å². The smallest absolute Gasteiger partial charge is 0.149 e. The quantitative estimate of drug-likeness (QED) is 0.744. The third kappa shape index (κ3) is 3.53. The molecule has 0 amide bonds. The molecule has 3 aromatic rings. The molecule has 0 bridgehead atoms. The number of aromatic nitrogens is 1. The fourth-order valence-corrected chi connectivity index (χ4v) is 3.61. The third-order valence-electron chi connectivity index (χ3n) is 4.99. The van der Waals surface area contributed by atoms with Crippen LogP contribution in [0.2, 0.25) is 0 Å². The van der Waals surface area contributed by atoms with Gasteiger partial charge in [-0.15, -0.1) is 0 Å². The van der Waals surface area contributed by atoms with Crippen molar-refractivity contribution in [1.82, 2.24) is 9.88 Å². The summed E-state index contributed by atoms with van der Waals surface area (Å²) < 4.78 is 28.1. The Morgan fingerprint density at radius 2 is 1.69 bits per heavy atom. The second-order valence-corrected chi connectivity index (χ2v) is 6.79. The van der Waals surface area contributed by atoms with Gasteiger partial charge in [0.2, 0.25) is 0 Å². The van der Waals surface area contributed by atoms with Crippen molar-refractivity contribution in [2.24, 2.45) is 0 Å². The Hall–Kier alpha value is -2.53. The lowest BCUT2D eigenvalue weighted by molar-refractivity contribution is 0.211. The number of hydrogen-bond acceptors (Lipinski definition) is 3. The summed E-state index contributed by atoms with van der Waals surface area (Å²) in [5, 5.41) is 3.64. The van der Waals surface area contributed by atoms with Crippen molar-refractivity contribution in [2.45, 2.75) is 25.4 Å². The highest BCUT2D eigenvalue weighted by atomic mass is 19.1. The van der Waals surface area contributed by atoms with Gasteiger partial charge in [-0.05, 0) is 36.6 Å². The van der Waals surface area contributed by atoms with Crippen molar-refractivity contribution in [3.63, 3.8) is 0 Å². The molecular formula is C21H21F2N3. The maximum atomic E-state index is 14.2. The van der Waals surface area contributed by atoms with E-state index in [1.807, 2.05) is 6.07 Å². The fraction of sp³-hybridized carbons (Fsp3) is 0.286. The second kappa shape index (κ2) is 7.38. The molecule has 1 aromatic heterocycles. The van der Waals surface area contributed by atoms with E-state index in [-0.39, 0.29) is 16.9 Å². The number of benzene rings is 2. The predicted molar refractivity (Wildman–Crippen MR) is 100 cm³/mol. The summed E-state index contributed by atoms with van der Waals surface area (Å²) >= 11 is 0. The van der Waals surface area contributed by atoms with E-state index in [9.17, 15) is 8.78 Å². The molecule has 2 aromatic carbocycles. The highest BCUT2D eigenvalue weighted by Gasteiger charge is 2.21. The molecule has 26 heavy (non-hydrogen) atoms. The molecule has 0 unspecified atom stereocenters. The lowest BCUT2D eigenvalue weighted by Crippen LogP contribution is -2.38. The van der Waals surface area contributed by atoms with Gasteiger partial charge in [0.15, 0.2) is 0 Å². The first kappa shape index (κ1) is 16.9. The Kier molecular flexibility index (Phi) is 4.80. The van der Waals surface area contributed by atoms with Crippen LogP contribution in [0.1, 0.15) is 18.4 Å². The van der Waals surface area contributed by atoms with Gasteiger partial charge in [0, 0.05) is 37.6 Å². The predicted octanol–water partition coefficient (Wildman–Crippen LogP) is 4.59. The van der Waals surface area contributed by atoms with Crippen molar-refractivity contribution < 1.29 is 8.78 Å². The van der Waals surface area contributed by atoms with E-state index in [4.69, 9.17) is 0 Å². The van der Waals surface area contributed by atoms with Gasteiger partial charge in [-0.3, -0.25) is 9.88 Å². The van der Waals surface area contributed by atoms with Crippen molar-refractivity contribution >= 4 is 16.6 Å². The first-order valence-corrected chi connectivity index (χ1v) is 8.96. The van der Waals surface area contributed by atoms with Gasteiger partial charge in [0.1, 0.15) is 17.2 Å². The van der Waals surface area contributed by atoms with Crippen molar-refractivity contribution in [2.75, 3.05) is 18.4 Å². The minimum Gasteiger partial charge on any atom is -0.382 e. The zero-order valence-electron chi connectivity index (χ0n) is 14.5. The van der Waals surface area contributed by atoms with E-state index in [1.54, 1.807) is 6.07 Å². The molecular weight excluding hydrogens is 332 g/mol. The normalized spacial score (nSPS) is 16.1. The summed E-state index contributed by atoms with van der Waals surface area (Å²) in [6.45, 7) is 2.91. The molecule has 0 spiro atoms. The van der Waals surface area contributed by atoms with Gasteiger partial charge >= 0.3 is 0 Å². The number of rotatable bonds is 4. The number of pyridine rings is 1. The molecule has 0 radical (unpaired) electrons. The largest absolute Gasteiger partial charge is 0.382 e. The SMILES string of the molecule is Fc1ccc(F)c2c(NC3CCN(Cc4ccccc4)CC3)ccnc12. The van der Waals surface area contributed by atoms with E-state index in [1.165, 1.54) is 11.8 Å². The van der Waals surface area contributed by atoms with Crippen LogP contribution in [0.5, 0.6) is 0 Å². The summed E-state index contributed by atoms with van der Waals surface area (Å²) in [7, 11) is 0. The molecule has 134 valence electrons. The Labute approximate surface area is 151 Å². The molecule has 0 atom stereocenters. The molecule has 1 aliphatic rings. The minimum atomic E-state index is -0.497. The van der Waals surface area contributed by atoms with Crippen molar-refractivity contribution in [3.05, 3.63) is 71.9 Å². The first-order chi connectivity index (χ1) is 12.7. The Morgan fingerprint density at radius 1 is 0.962 bits per heavy atom. The maximum absolute atomic E-state index is 14.2. The van der Waals surface area contributed by atoms with E-state index >= 15 is 0 Å². The molecule has 1 fully saturated rings. The van der Waals surface area contributed by atoms with Crippen molar-refractivity contribution in [1.29, 1.82) is 0 Å². The van der Waals surface area contributed by atoms with E-state index in [0.29, 0.717) is 5.69 Å². The average molecular weight is 353 g/mol. The van der Waals surface area contributed by atoms with Crippen LogP contribution in [0.3, 0.4) is 0 Å². The summed E-state index contributed by atoms with van der Waals surface area (Å²) in [6, 6.07) is 14.7. The Bertz CT molecular complexity index is 890. The van der Waals surface area contributed by atoms with Gasteiger partial charge in [0.05, 0.1) is 5.39 Å². The molecule has 5 heteroatoms. The van der Waals surface area contributed by atoms with Crippen LogP contribution in [-0.4, -0.2) is 29.0 Å². The van der Waals surface area contributed by atoms with E-state index < -0.39 is 11.6 Å². The lowest BCUT2D eigenvalue weighted by atomic mass is 10.0. The molecule has 4 rings (SSSR count). The van der Waals surface area contributed by atoms with Gasteiger partial charge < -0.3 is 5.32 Å². The number of hydrogen-bond donors (Lipinski definition) is 1. The summed E-state index contributed by atoms with van der Waals surface area (Å²) in [5.74, 6) is -0.943. The highest BCUT2D eigenvalue weighted by molar-refractivity contribution is 5.92. The fourth-order valence-electron chi connectivity index (χ4n) is 3.61. The molecule has 1 aliphatic heterocycles. The first-order valence-electron chi connectivity index (χ1n) is 8.96. The lowest BCUT2D eigenvalue weighted by Gasteiger charge is -2.33. The summed E-state index contributed by atoms with van der Waals surface area (Å²) in [5.41, 5.74) is 2.02. The molecule has 0 aliphatic carbocycles. The number of anilines is 1. The molecule has 1 N–H and O–H groups in total. The standard InChI is InChI=1S/C21H21F2N3/c22-17-6-7-18(23)21-20(17)19(8-11-24-21)25-16-9-12-26(13-10-16)14-15-4-2-1-3-5-15/h1-8,11,16H,9-10,12-14H2,(H,24,25). The summed E-state index contributed by atoms with van der Waals surface area (Å²) in [6.07, 6.45) is 3.46. The minimum absolute atomic E-state index is 0.0801. The number of fused-ring (bicyclic) bond motifs is 1. The van der Waals surface area contributed by atoms with Crippen LogP contribution < -0.4 is 5.32 Å². The van der Waals surface area contributed by atoms with Crippen LogP contribution in [0.25, 0.3) is 10.9 Å². The maximum Gasteiger partial charge on any atom is 0.149 e. The average Bonchev–Trinajstić information content (AvgIpc) is 2.67. The van der Waals surface area contributed by atoms with Crippen molar-refractivity contribution in [3.8, 4) is 0 Å². The van der Waals surface area contributed by atoms with Crippen LogP contribution in [0, 0.1) is 11.6 Å². The van der Waals surface area contributed by atoms with Crippen LogP contribution in [0.4, 0.5) is 14.5 Å². The number of nitrogens with zero attached hydrogens (tertiary/aromatic N) is 2. The van der Waals surface area contributed by atoms with Crippen LogP contribution in [-0.2, 0) is 6.54 Å². The monoisotopic (exact) mass is 353 g/mol. The zero-order valence-corrected chi connectivity index (χ0v) is 14.5.